The van der Waals surface area contributed by atoms with E-state index < -0.39 is 53.0 Å². The SMILES string of the molecule is CN1C(=O)N[C@H](c2cccc(C(F)(F)F)c2)[C@H](C(=O)c2cccs2)[C@]1(O)C(F)(F)F. The molecule has 1 aliphatic rings. The standard InChI is InChI=1S/C18H14F6N2O3S/c1-26-15(28)25-13(9-4-2-5-10(8-9)17(19,20)21)12(16(26,29)18(22,23)24)14(27)11-6-3-7-30-11/h2-8,12-13,29H,1H3,(H,25,28)/t12-,13-,16+/m1/s1. The molecule has 2 N–H and O–H groups in total. The van der Waals surface area contributed by atoms with E-state index >= 15 is 0 Å². The lowest BCUT2D eigenvalue weighted by Gasteiger charge is -2.49. The van der Waals surface area contributed by atoms with E-state index in [-0.39, 0.29) is 9.78 Å². The zero-order chi connectivity index (χ0) is 22.5. The third-order valence-electron chi connectivity index (χ3n) is 4.90. The number of rotatable bonds is 3. The smallest absolute Gasteiger partial charge is 0.363 e. The molecule has 3 rings (SSSR count). The lowest BCUT2D eigenvalue weighted by Crippen LogP contribution is -2.72. The van der Waals surface area contributed by atoms with E-state index in [0.29, 0.717) is 19.2 Å². The molecule has 0 radical (unpaired) electrons. The van der Waals surface area contributed by atoms with E-state index in [1.54, 1.807) is 0 Å². The van der Waals surface area contributed by atoms with Gasteiger partial charge >= 0.3 is 18.4 Å². The average molecular weight is 452 g/mol. The Labute approximate surface area is 169 Å². The number of amides is 2. The van der Waals surface area contributed by atoms with Crippen LogP contribution in [0.15, 0.2) is 41.8 Å². The molecule has 0 aliphatic carbocycles. The first kappa shape index (κ1) is 22.1. The fourth-order valence-electron chi connectivity index (χ4n) is 3.37. The Balaban J connectivity index is 2.22. The molecule has 12 heteroatoms. The summed E-state index contributed by atoms with van der Waals surface area (Å²) in [7, 11) is 0.653. The third-order valence-corrected chi connectivity index (χ3v) is 5.78. The molecule has 1 aromatic heterocycles. The van der Waals surface area contributed by atoms with E-state index in [0.717, 1.165) is 23.5 Å². The highest BCUT2D eigenvalue weighted by Crippen LogP contribution is 2.48. The van der Waals surface area contributed by atoms with Gasteiger partial charge in [-0.3, -0.25) is 9.69 Å². The van der Waals surface area contributed by atoms with Gasteiger partial charge in [0.2, 0.25) is 0 Å². The molecule has 0 spiro atoms. The Morgan fingerprint density at radius 3 is 2.37 bits per heavy atom. The second-order valence-corrected chi connectivity index (χ2v) is 7.60. The van der Waals surface area contributed by atoms with Gasteiger partial charge in [-0.15, -0.1) is 11.3 Å². The highest BCUT2D eigenvalue weighted by atomic mass is 32.1. The number of carbonyl (C=O) groups is 2. The fourth-order valence-corrected chi connectivity index (χ4v) is 4.07. The maximum Gasteiger partial charge on any atom is 0.437 e. The first-order chi connectivity index (χ1) is 13.8. The van der Waals surface area contributed by atoms with Crippen molar-refractivity contribution >= 4 is 23.2 Å². The fraction of sp³-hybridized carbons (Fsp3) is 0.333. The number of hydrogen-bond donors (Lipinski definition) is 2. The molecule has 1 saturated heterocycles. The number of carbonyl (C=O) groups excluding carboxylic acids is 2. The second kappa shape index (κ2) is 7.27. The molecular formula is C18H14F6N2O3S. The first-order valence-corrected chi connectivity index (χ1v) is 9.24. The van der Waals surface area contributed by atoms with Crippen LogP contribution in [-0.4, -0.2) is 40.8 Å². The number of thiophene rings is 1. The zero-order valence-electron chi connectivity index (χ0n) is 15.1. The minimum atomic E-state index is -5.48. The molecule has 162 valence electrons. The molecule has 0 saturated carbocycles. The molecule has 1 fully saturated rings. The summed E-state index contributed by atoms with van der Waals surface area (Å²) >= 11 is 0.803. The Morgan fingerprint density at radius 1 is 1.17 bits per heavy atom. The van der Waals surface area contributed by atoms with Crippen LogP contribution in [0.5, 0.6) is 0 Å². The van der Waals surface area contributed by atoms with Crippen LogP contribution in [0, 0.1) is 5.92 Å². The minimum Gasteiger partial charge on any atom is -0.363 e. The molecule has 5 nitrogen and oxygen atoms in total. The summed E-state index contributed by atoms with van der Waals surface area (Å²) < 4.78 is 81.2. The highest BCUT2D eigenvalue weighted by molar-refractivity contribution is 7.12. The molecular weight excluding hydrogens is 438 g/mol. The van der Waals surface area contributed by atoms with Gasteiger partial charge in [-0.05, 0) is 29.1 Å². The molecule has 30 heavy (non-hydrogen) atoms. The van der Waals surface area contributed by atoms with E-state index in [1.807, 2.05) is 0 Å². The summed E-state index contributed by atoms with van der Waals surface area (Å²) in [6.07, 6.45) is -10.3. The number of hydrogen-bond acceptors (Lipinski definition) is 4. The van der Waals surface area contributed by atoms with Gasteiger partial charge in [-0.25, -0.2) is 4.79 Å². The predicted molar refractivity (Wildman–Crippen MR) is 93.6 cm³/mol. The molecule has 2 heterocycles. The van der Waals surface area contributed by atoms with Crippen LogP contribution in [0.1, 0.15) is 26.8 Å². The summed E-state index contributed by atoms with van der Waals surface area (Å²) in [5, 5.41) is 14.2. The van der Waals surface area contributed by atoms with Crippen LogP contribution < -0.4 is 5.32 Å². The number of benzene rings is 1. The zero-order valence-corrected chi connectivity index (χ0v) is 15.9. The molecule has 2 aromatic rings. The molecule has 1 aliphatic heterocycles. The first-order valence-electron chi connectivity index (χ1n) is 8.36. The third kappa shape index (κ3) is 3.54. The summed E-state index contributed by atoms with van der Waals surface area (Å²) in [6, 6.07) is 2.61. The molecule has 0 bridgehead atoms. The van der Waals surface area contributed by atoms with Crippen LogP contribution in [0.2, 0.25) is 0 Å². The second-order valence-electron chi connectivity index (χ2n) is 6.65. The Morgan fingerprint density at radius 2 is 1.83 bits per heavy atom. The van der Waals surface area contributed by atoms with Crippen molar-refractivity contribution < 1.29 is 41.0 Å². The molecule has 0 unspecified atom stereocenters. The number of nitrogens with one attached hydrogen (secondary N) is 1. The molecule has 3 atom stereocenters. The molecule has 2 amide bonds. The highest BCUT2D eigenvalue weighted by Gasteiger charge is 2.69. The lowest BCUT2D eigenvalue weighted by molar-refractivity contribution is -0.322. The quantitative estimate of drug-likeness (QED) is 0.542. The van der Waals surface area contributed by atoms with Crippen LogP contribution in [-0.2, 0) is 6.18 Å². The number of Topliss-reactive ketones (excluding diaryl/α,β-unsaturated/α-hetero) is 1. The number of aliphatic hydroxyl groups is 1. The summed E-state index contributed by atoms with van der Waals surface area (Å²) in [5.41, 5.74) is -5.52. The molecule has 1 aromatic carbocycles. The normalized spacial score (nSPS) is 25.2. The van der Waals surface area contributed by atoms with Crippen LogP contribution in [0.3, 0.4) is 0 Å². The topological polar surface area (TPSA) is 69.6 Å². The van der Waals surface area contributed by atoms with E-state index in [1.165, 1.54) is 17.5 Å². The van der Waals surface area contributed by atoms with Crippen molar-refractivity contribution in [2.24, 2.45) is 5.92 Å². The number of nitrogens with zero attached hydrogens (tertiary/aromatic N) is 1. The number of alkyl halides is 6. The van der Waals surface area contributed by atoms with Gasteiger partial charge in [0.25, 0.3) is 5.72 Å². The van der Waals surface area contributed by atoms with E-state index in [9.17, 15) is 41.0 Å². The maximum absolute atomic E-state index is 14.0. The van der Waals surface area contributed by atoms with Crippen LogP contribution in [0.25, 0.3) is 0 Å². The van der Waals surface area contributed by atoms with E-state index in [2.05, 4.69) is 5.32 Å². The van der Waals surface area contributed by atoms with Crippen molar-refractivity contribution in [1.29, 1.82) is 0 Å². The van der Waals surface area contributed by atoms with Gasteiger partial charge in [-0.1, -0.05) is 18.2 Å². The van der Waals surface area contributed by atoms with Gasteiger partial charge in [-0.2, -0.15) is 26.3 Å². The predicted octanol–water partition coefficient (Wildman–Crippen LogP) is 4.21. The Hall–Kier alpha value is -2.60. The Kier molecular flexibility index (Phi) is 5.35. The number of urea groups is 1. The van der Waals surface area contributed by atoms with Gasteiger partial charge in [0.05, 0.1) is 16.5 Å². The van der Waals surface area contributed by atoms with Crippen molar-refractivity contribution in [3.63, 3.8) is 0 Å². The number of halogens is 6. The summed E-state index contributed by atoms with van der Waals surface area (Å²) in [6.45, 7) is 0. The van der Waals surface area contributed by atoms with Gasteiger partial charge in [0.1, 0.15) is 5.92 Å². The largest absolute Gasteiger partial charge is 0.437 e. The van der Waals surface area contributed by atoms with Crippen molar-refractivity contribution in [2.45, 2.75) is 24.1 Å². The summed E-state index contributed by atoms with van der Waals surface area (Å²) in [5.74, 6) is -3.53. The van der Waals surface area contributed by atoms with Crippen molar-refractivity contribution in [1.82, 2.24) is 10.2 Å². The van der Waals surface area contributed by atoms with Crippen molar-refractivity contribution in [2.75, 3.05) is 7.05 Å². The van der Waals surface area contributed by atoms with Crippen molar-refractivity contribution in [3.05, 3.63) is 57.8 Å². The van der Waals surface area contributed by atoms with Crippen LogP contribution in [0.4, 0.5) is 31.1 Å². The average Bonchev–Trinajstić information content (AvgIpc) is 3.18. The van der Waals surface area contributed by atoms with Gasteiger partial charge in [0, 0.05) is 7.05 Å². The van der Waals surface area contributed by atoms with Crippen LogP contribution >= 0.6 is 11.3 Å². The lowest BCUT2D eigenvalue weighted by atomic mass is 9.77. The number of ketones is 1. The van der Waals surface area contributed by atoms with E-state index in [4.69, 9.17) is 0 Å². The monoisotopic (exact) mass is 452 g/mol. The Bertz CT molecular complexity index is 960. The summed E-state index contributed by atoms with van der Waals surface area (Å²) in [4.78, 5) is 25.0. The van der Waals surface area contributed by atoms with Gasteiger partial charge < -0.3 is 10.4 Å². The van der Waals surface area contributed by atoms with Gasteiger partial charge in [0.15, 0.2) is 5.78 Å². The maximum atomic E-state index is 14.0. The minimum absolute atomic E-state index is 0.0622. The van der Waals surface area contributed by atoms with Crippen molar-refractivity contribution in [3.8, 4) is 0 Å².